The summed E-state index contributed by atoms with van der Waals surface area (Å²) in [4.78, 5) is 23.9. The van der Waals surface area contributed by atoms with Crippen LogP contribution in [-0.2, 0) is 6.54 Å². The second-order valence-electron chi connectivity index (χ2n) is 9.79. The molecule has 2 N–H and O–H groups in total. The first-order chi connectivity index (χ1) is 15.2. The second-order valence-corrected chi connectivity index (χ2v) is 9.79. The molecular weight excluding hydrogens is 404 g/mol. The number of fused-ring (bicyclic) bond motifs is 1. The molecule has 7 nitrogen and oxygen atoms in total. The summed E-state index contributed by atoms with van der Waals surface area (Å²) in [5.74, 6) is 0.788. The van der Waals surface area contributed by atoms with Gasteiger partial charge in [-0.25, -0.2) is 9.78 Å². The number of aromatic amines is 1. The predicted molar refractivity (Wildman–Crippen MR) is 126 cm³/mol. The Morgan fingerprint density at radius 3 is 2.75 bits per heavy atom. The first-order valence-electron chi connectivity index (χ1n) is 11.1. The largest absolute Gasteiger partial charge is 0.465 e. The van der Waals surface area contributed by atoms with Crippen molar-refractivity contribution >= 4 is 22.7 Å². The van der Waals surface area contributed by atoms with Crippen LogP contribution in [0.25, 0.3) is 27.9 Å². The zero-order valence-corrected chi connectivity index (χ0v) is 19.5. The van der Waals surface area contributed by atoms with Crippen molar-refractivity contribution in [3.8, 4) is 11.3 Å². The van der Waals surface area contributed by atoms with E-state index in [0.717, 1.165) is 52.9 Å². The van der Waals surface area contributed by atoms with Crippen LogP contribution in [0.3, 0.4) is 0 Å². The molecule has 0 aliphatic heterocycles. The van der Waals surface area contributed by atoms with E-state index in [1.165, 1.54) is 5.57 Å². The molecule has 3 aromatic heterocycles. The summed E-state index contributed by atoms with van der Waals surface area (Å²) < 4.78 is 5.72. The van der Waals surface area contributed by atoms with Crippen molar-refractivity contribution in [2.24, 2.45) is 0 Å². The second kappa shape index (κ2) is 8.47. The zero-order valence-electron chi connectivity index (χ0n) is 19.5. The number of hydrogen-bond acceptors (Lipinski definition) is 4. The summed E-state index contributed by atoms with van der Waals surface area (Å²) >= 11 is 0. The SMILES string of the molecule is CN(C)Cc1cnc2[nH]cc(-c3ccco3)c2c1C1=CCCC(N(C(=O)O)C(C)(C)C)C1. The standard InChI is InChI=1S/C25H32N4O3/c1-25(2,3)29(24(30)31)18-9-6-8-16(12-18)21-17(15-28(4)5)13-26-23-22(21)19(14-27-23)20-10-7-11-32-20/h7-8,10-11,13-14,18H,6,9,12,15H2,1-5H3,(H,26,27)(H,30,31). The van der Waals surface area contributed by atoms with E-state index in [1.54, 1.807) is 11.2 Å². The summed E-state index contributed by atoms with van der Waals surface area (Å²) in [5.41, 5.74) is 4.75. The van der Waals surface area contributed by atoms with Crippen molar-refractivity contribution < 1.29 is 14.3 Å². The first-order valence-corrected chi connectivity index (χ1v) is 11.1. The molecule has 0 spiro atoms. The maximum Gasteiger partial charge on any atom is 0.407 e. The van der Waals surface area contributed by atoms with Crippen molar-refractivity contribution in [3.63, 3.8) is 0 Å². The van der Waals surface area contributed by atoms with Gasteiger partial charge < -0.3 is 24.3 Å². The van der Waals surface area contributed by atoms with Crippen molar-refractivity contribution in [3.05, 3.63) is 48.0 Å². The van der Waals surface area contributed by atoms with Gasteiger partial charge in [0.2, 0.25) is 0 Å². The van der Waals surface area contributed by atoms with Crippen molar-refractivity contribution in [1.29, 1.82) is 0 Å². The highest BCUT2D eigenvalue weighted by atomic mass is 16.4. The van der Waals surface area contributed by atoms with E-state index < -0.39 is 11.6 Å². The van der Waals surface area contributed by atoms with Crippen LogP contribution in [-0.4, -0.2) is 56.6 Å². The lowest BCUT2D eigenvalue weighted by atomic mass is 9.84. The molecule has 0 aromatic carbocycles. The van der Waals surface area contributed by atoms with Crippen LogP contribution in [0.1, 0.15) is 51.2 Å². The lowest BCUT2D eigenvalue weighted by molar-refractivity contribution is 0.0679. The van der Waals surface area contributed by atoms with E-state index in [-0.39, 0.29) is 6.04 Å². The Hall–Kier alpha value is -3.06. The molecule has 4 rings (SSSR count). The molecule has 0 radical (unpaired) electrons. The van der Waals surface area contributed by atoms with Gasteiger partial charge in [0.1, 0.15) is 11.4 Å². The number of carboxylic acid groups (broad SMARTS) is 1. The average Bonchev–Trinajstić information content (AvgIpc) is 3.35. The van der Waals surface area contributed by atoms with E-state index in [9.17, 15) is 9.90 Å². The van der Waals surface area contributed by atoms with Crippen LogP contribution >= 0.6 is 0 Å². The van der Waals surface area contributed by atoms with Crippen LogP contribution in [0.2, 0.25) is 0 Å². The molecule has 1 aliphatic rings. The molecule has 1 aliphatic carbocycles. The quantitative estimate of drug-likeness (QED) is 0.544. The minimum atomic E-state index is -0.866. The summed E-state index contributed by atoms with van der Waals surface area (Å²) in [6, 6.07) is 3.76. The molecule has 7 heteroatoms. The van der Waals surface area contributed by atoms with Crippen LogP contribution in [0.4, 0.5) is 4.79 Å². The van der Waals surface area contributed by atoms with Gasteiger partial charge in [-0.3, -0.25) is 0 Å². The van der Waals surface area contributed by atoms with Crippen molar-refractivity contribution in [1.82, 2.24) is 19.8 Å². The van der Waals surface area contributed by atoms with Gasteiger partial charge in [-0.2, -0.15) is 0 Å². The van der Waals surface area contributed by atoms with Gasteiger partial charge in [-0.1, -0.05) is 6.08 Å². The first kappa shape index (κ1) is 22.1. The highest BCUT2D eigenvalue weighted by Crippen LogP contribution is 2.40. The molecule has 170 valence electrons. The van der Waals surface area contributed by atoms with E-state index in [1.807, 2.05) is 59.4 Å². The topological polar surface area (TPSA) is 85.6 Å². The number of nitrogens with zero attached hydrogens (tertiary/aromatic N) is 3. The summed E-state index contributed by atoms with van der Waals surface area (Å²) in [6.07, 6.45) is 9.29. The fourth-order valence-electron chi connectivity index (χ4n) is 4.89. The van der Waals surface area contributed by atoms with Crippen molar-refractivity contribution in [2.45, 2.75) is 58.2 Å². The minimum absolute atomic E-state index is 0.0751. The number of carbonyl (C=O) groups is 1. The summed E-state index contributed by atoms with van der Waals surface area (Å²) in [7, 11) is 4.09. The lowest BCUT2D eigenvalue weighted by Crippen LogP contribution is -2.51. The van der Waals surface area contributed by atoms with E-state index in [4.69, 9.17) is 4.42 Å². The Kier molecular flexibility index (Phi) is 5.86. The Balaban J connectivity index is 1.86. The van der Waals surface area contributed by atoms with E-state index in [2.05, 4.69) is 20.9 Å². The Labute approximate surface area is 188 Å². The number of pyridine rings is 1. The van der Waals surface area contributed by atoms with E-state index >= 15 is 0 Å². The fourth-order valence-corrected chi connectivity index (χ4v) is 4.89. The smallest absolute Gasteiger partial charge is 0.407 e. The van der Waals surface area contributed by atoms with Crippen LogP contribution in [0, 0.1) is 0 Å². The number of allylic oxidation sites excluding steroid dienone is 1. The number of rotatable bonds is 5. The minimum Gasteiger partial charge on any atom is -0.465 e. The van der Waals surface area contributed by atoms with Gasteiger partial charge in [0.25, 0.3) is 0 Å². The third kappa shape index (κ3) is 4.17. The van der Waals surface area contributed by atoms with Crippen LogP contribution < -0.4 is 0 Å². The van der Waals surface area contributed by atoms with Crippen molar-refractivity contribution in [2.75, 3.05) is 14.1 Å². The number of H-pyrrole nitrogens is 1. The monoisotopic (exact) mass is 436 g/mol. The highest BCUT2D eigenvalue weighted by molar-refractivity contribution is 6.01. The third-order valence-electron chi connectivity index (χ3n) is 6.01. The van der Waals surface area contributed by atoms with Crippen LogP contribution in [0.5, 0.6) is 0 Å². The third-order valence-corrected chi connectivity index (χ3v) is 6.01. The molecule has 0 saturated carbocycles. The highest BCUT2D eigenvalue weighted by Gasteiger charge is 2.35. The molecule has 3 aromatic rings. The average molecular weight is 437 g/mol. The number of hydrogen-bond donors (Lipinski definition) is 2. The molecule has 0 fully saturated rings. The maximum atomic E-state index is 12.2. The number of furan rings is 1. The van der Waals surface area contributed by atoms with Gasteiger partial charge in [-0.15, -0.1) is 0 Å². The summed E-state index contributed by atoms with van der Waals surface area (Å²) in [6.45, 7) is 6.62. The molecule has 1 amide bonds. The van der Waals surface area contributed by atoms with Crippen LogP contribution in [0.15, 0.2) is 41.3 Å². The van der Waals surface area contributed by atoms with Gasteiger partial charge in [0, 0.05) is 41.5 Å². The molecule has 1 unspecified atom stereocenters. The Morgan fingerprint density at radius 2 is 2.12 bits per heavy atom. The lowest BCUT2D eigenvalue weighted by Gasteiger charge is -2.41. The van der Waals surface area contributed by atoms with Gasteiger partial charge in [-0.05, 0) is 83.0 Å². The fraction of sp³-hybridized carbons (Fsp3) is 0.440. The summed E-state index contributed by atoms with van der Waals surface area (Å²) in [5, 5.41) is 11.0. The van der Waals surface area contributed by atoms with Gasteiger partial charge in [0.05, 0.1) is 6.26 Å². The normalized spacial score (nSPS) is 17.1. The predicted octanol–water partition coefficient (Wildman–Crippen LogP) is 5.60. The van der Waals surface area contributed by atoms with E-state index in [0.29, 0.717) is 6.42 Å². The number of amides is 1. The Morgan fingerprint density at radius 1 is 1.34 bits per heavy atom. The molecule has 32 heavy (non-hydrogen) atoms. The molecular formula is C25H32N4O3. The number of nitrogens with one attached hydrogen (secondary N) is 1. The van der Waals surface area contributed by atoms with Gasteiger partial charge >= 0.3 is 6.09 Å². The molecule has 0 bridgehead atoms. The molecule has 1 atom stereocenters. The number of aromatic nitrogens is 2. The van der Waals surface area contributed by atoms with Gasteiger partial charge in [0.15, 0.2) is 0 Å². The molecule has 3 heterocycles. The zero-order chi connectivity index (χ0) is 23.0. The Bertz CT molecular complexity index is 1140. The molecule has 0 saturated heterocycles. The maximum absolute atomic E-state index is 12.2.